The van der Waals surface area contributed by atoms with Crippen LogP contribution in [0.4, 0.5) is 0 Å². The van der Waals surface area contributed by atoms with Crippen LogP contribution in [0.25, 0.3) is 4.85 Å². The van der Waals surface area contributed by atoms with Crippen molar-refractivity contribution >= 4 is 11.9 Å². The number of aliphatic hydroxyl groups is 1. The van der Waals surface area contributed by atoms with E-state index in [0.717, 1.165) is 38.5 Å². The molecule has 1 aliphatic heterocycles. The van der Waals surface area contributed by atoms with Gasteiger partial charge in [-0.1, -0.05) is 18.2 Å². The van der Waals surface area contributed by atoms with Gasteiger partial charge in [0.05, 0.1) is 17.2 Å². The minimum Gasteiger partial charge on any atom is -0.478 e. The van der Waals surface area contributed by atoms with E-state index >= 15 is 0 Å². The number of nitrogens with two attached hydrogens (primary N) is 1. The van der Waals surface area contributed by atoms with E-state index in [1.165, 1.54) is 6.42 Å². The van der Waals surface area contributed by atoms with Gasteiger partial charge < -0.3 is 15.9 Å². The molecular weight excluding hydrogens is 406 g/mol. The van der Waals surface area contributed by atoms with Gasteiger partial charge in [0.25, 0.3) is 0 Å². The first-order valence-corrected chi connectivity index (χ1v) is 11.7. The zero-order valence-electron chi connectivity index (χ0n) is 18.2. The Hall–Kier alpha value is -2.43. The summed E-state index contributed by atoms with van der Waals surface area (Å²) < 4.78 is 0. The van der Waals surface area contributed by atoms with Crippen LogP contribution in [0.3, 0.4) is 0 Å². The Morgan fingerprint density at radius 3 is 2.28 bits per heavy atom. The molecule has 7 rings (SSSR count). The Labute approximate surface area is 188 Å². The number of hydrogen-bond donors (Lipinski definition) is 3. The maximum atomic E-state index is 13.1. The molecule has 7 nitrogen and oxygen atoms in total. The van der Waals surface area contributed by atoms with E-state index in [9.17, 15) is 14.7 Å². The molecule has 0 radical (unpaired) electrons. The number of carboxylic acid groups (broad SMARTS) is 1. The Bertz CT molecular complexity index is 944. The molecule has 0 aromatic heterocycles. The maximum Gasteiger partial charge on any atom is 0.335 e. The summed E-state index contributed by atoms with van der Waals surface area (Å²) in [5, 5.41) is 19.3. The largest absolute Gasteiger partial charge is 0.478 e. The number of carboxylic acids is 1. The fourth-order valence-electron chi connectivity index (χ4n) is 7.51. The quantitative estimate of drug-likeness (QED) is 0.630. The topological polar surface area (TPSA) is 108 Å². The van der Waals surface area contributed by atoms with Crippen LogP contribution in [-0.4, -0.2) is 50.8 Å². The molecule has 1 aromatic rings. The smallest absolute Gasteiger partial charge is 0.335 e. The van der Waals surface area contributed by atoms with E-state index in [1.54, 1.807) is 30.3 Å². The molecule has 2 unspecified atom stereocenters. The molecule has 1 aromatic carbocycles. The number of amides is 1. The second-order valence-electron chi connectivity index (χ2n) is 10.9. The number of hydrogen-bond acceptors (Lipinski definition) is 4. The third-order valence-corrected chi connectivity index (χ3v) is 8.50. The normalized spacial score (nSPS) is 41.2. The molecular formula is C25H31N3O4. The molecule has 4 bridgehead atoms. The highest BCUT2D eigenvalue weighted by atomic mass is 16.4. The van der Waals surface area contributed by atoms with Crippen LogP contribution in [0, 0.1) is 29.7 Å². The first-order chi connectivity index (χ1) is 15.2. The SMILES string of the molecule is O=C(O)c1ccccc1.[C-]#[N+][C@@H]1C[C@@H]2C[C@@H]2N1C(=O)[C@@H](N)C12CC3CC(CC(O)(C3)C1)C2. The van der Waals surface area contributed by atoms with Crippen LogP contribution in [0.2, 0.25) is 0 Å². The zero-order chi connectivity index (χ0) is 22.7. The van der Waals surface area contributed by atoms with Crippen molar-refractivity contribution in [3.63, 3.8) is 0 Å². The number of carbonyl (C=O) groups is 2. The lowest BCUT2D eigenvalue weighted by atomic mass is 9.46. The Morgan fingerprint density at radius 1 is 1.09 bits per heavy atom. The molecule has 6 fully saturated rings. The molecule has 32 heavy (non-hydrogen) atoms. The molecule has 5 saturated carbocycles. The summed E-state index contributed by atoms with van der Waals surface area (Å²) in [5.41, 5.74) is 6.06. The molecule has 1 amide bonds. The van der Waals surface area contributed by atoms with Crippen molar-refractivity contribution in [3.8, 4) is 0 Å². The molecule has 6 atom stereocenters. The summed E-state index contributed by atoms with van der Waals surface area (Å²) in [4.78, 5) is 28.8. The standard InChI is InChI=1S/C18H25N3O2.C7H6O2/c1-20-14-4-12-3-13(12)21(14)16(22)15(19)17-5-10-2-11(6-17)8-18(23,7-10)9-17;8-7(9)6-4-2-1-3-5-6/h10-15,23H,2-9,19H2;1-5H,(H,8,9)/t10?,11?,12-,13-,14-,15+,17?,18?;/m0./s1. The van der Waals surface area contributed by atoms with Crippen LogP contribution < -0.4 is 5.73 Å². The van der Waals surface area contributed by atoms with Gasteiger partial charge in [-0.3, -0.25) is 14.5 Å². The van der Waals surface area contributed by atoms with Gasteiger partial charge in [0.15, 0.2) is 0 Å². The fourth-order valence-corrected chi connectivity index (χ4v) is 7.51. The van der Waals surface area contributed by atoms with Gasteiger partial charge in [-0.15, -0.1) is 0 Å². The number of fused-ring (bicyclic) bond motifs is 1. The molecule has 0 spiro atoms. The predicted molar refractivity (Wildman–Crippen MR) is 117 cm³/mol. The van der Waals surface area contributed by atoms with Crippen LogP contribution in [0.1, 0.15) is 61.7 Å². The van der Waals surface area contributed by atoms with Gasteiger partial charge in [-0.05, 0) is 80.2 Å². The van der Waals surface area contributed by atoms with Crippen LogP contribution in [0.5, 0.6) is 0 Å². The molecule has 7 heteroatoms. The van der Waals surface area contributed by atoms with Gasteiger partial charge in [0.1, 0.15) is 0 Å². The summed E-state index contributed by atoms with van der Waals surface area (Å²) in [6.07, 6.45) is 7.23. The molecule has 1 heterocycles. The number of benzene rings is 1. The average molecular weight is 438 g/mol. The lowest BCUT2D eigenvalue weighted by Crippen LogP contribution is -2.64. The van der Waals surface area contributed by atoms with Crippen molar-refractivity contribution in [2.45, 2.75) is 75.2 Å². The number of aromatic carboxylic acids is 1. The van der Waals surface area contributed by atoms with E-state index in [2.05, 4.69) is 4.85 Å². The minimum absolute atomic E-state index is 0.0125. The molecule has 170 valence electrons. The summed E-state index contributed by atoms with van der Waals surface area (Å²) in [5.74, 6) is 0.705. The van der Waals surface area contributed by atoms with E-state index in [0.29, 0.717) is 29.7 Å². The number of nitrogens with zero attached hydrogens (tertiary/aromatic N) is 2. The minimum atomic E-state index is -0.879. The maximum absolute atomic E-state index is 13.1. The molecule has 5 aliphatic carbocycles. The van der Waals surface area contributed by atoms with Crippen molar-refractivity contribution in [1.82, 2.24) is 4.90 Å². The summed E-state index contributed by atoms with van der Waals surface area (Å²) in [6.45, 7) is 7.38. The zero-order valence-corrected chi connectivity index (χ0v) is 18.2. The second-order valence-corrected chi connectivity index (χ2v) is 10.9. The fraction of sp³-hybridized carbons (Fsp3) is 0.640. The van der Waals surface area contributed by atoms with E-state index in [4.69, 9.17) is 17.4 Å². The number of likely N-dealkylation sites (tertiary alicyclic amines) is 1. The molecule has 4 N–H and O–H groups in total. The lowest BCUT2D eigenvalue weighted by molar-refractivity contribution is -0.177. The Morgan fingerprint density at radius 2 is 1.75 bits per heavy atom. The number of piperidine rings is 1. The van der Waals surface area contributed by atoms with E-state index in [-0.39, 0.29) is 23.5 Å². The molecule has 1 saturated heterocycles. The van der Waals surface area contributed by atoms with Crippen molar-refractivity contribution in [2.24, 2.45) is 28.9 Å². The van der Waals surface area contributed by atoms with Gasteiger partial charge >= 0.3 is 12.1 Å². The predicted octanol–water partition coefficient (Wildman–Crippen LogP) is 2.90. The highest BCUT2D eigenvalue weighted by Gasteiger charge is 2.63. The van der Waals surface area contributed by atoms with Gasteiger partial charge in [-0.2, -0.15) is 0 Å². The van der Waals surface area contributed by atoms with Gasteiger partial charge in [0, 0.05) is 12.5 Å². The van der Waals surface area contributed by atoms with Crippen molar-refractivity contribution in [2.75, 3.05) is 0 Å². The highest BCUT2D eigenvalue weighted by molar-refractivity contribution is 5.87. The van der Waals surface area contributed by atoms with Gasteiger partial charge in [0.2, 0.25) is 5.91 Å². The number of carbonyl (C=O) groups excluding carboxylic acids is 1. The third-order valence-electron chi connectivity index (χ3n) is 8.50. The monoisotopic (exact) mass is 437 g/mol. The van der Waals surface area contributed by atoms with Crippen molar-refractivity contribution in [1.29, 1.82) is 0 Å². The first-order valence-electron chi connectivity index (χ1n) is 11.7. The van der Waals surface area contributed by atoms with Crippen LogP contribution in [0.15, 0.2) is 30.3 Å². The lowest BCUT2D eigenvalue weighted by Gasteiger charge is -2.61. The second kappa shape index (κ2) is 7.57. The van der Waals surface area contributed by atoms with E-state index in [1.807, 2.05) is 4.90 Å². The number of rotatable bonds is 3. The van der Waals surface area contributed by atoms with Crippen LogP contribution >= 0.6 is 0 Å². The summed E-state index contributed by atoms with van der Waals surface area (Å²) >= 11 is 0. The summed E-state index contributed by atoms with van der Waals surface area (Å²) in [6, 6.07) is 8.03. The highest BCUT2D eigenvalue weighted by Crippen LogP contribution is 2.63. The van der Waals surface area contributed by atoms with E-state index < -0.39 is 17.6 Å². The van der Waals surface area contributed by atoms with Gasteiger partial charge in [-0.25, -0.2) is 11.4 Å². The van der Waals surface area contributed by atoms with Crippen molar-refractivity contribution < 1.29 is 19.8 Å². The molecule has 6 aliphatic rings. The van der Waals surface area contributed by atoms with Crippen LogP contribution in [-0.2, 0) is 4.79 Å². The van der Waals surface area contributed by atoms with Crippen molar-refractivity contribution in [3.05, 3.63) is 47.3 Å². The average Bonchev–Trinajstić information content (AvgIpc) is 3.41. The Kier molecular flexibility index (Phi) is 5.06. The third kappa shape index (κ3) is 3.60. The first kappa shape index (κ1) is 21.4. The Balaban J connectivity index is 0.000000203. The summed E-state index contributed by atoms with van der Waals surface area (Å²) in [7, 11) is 0.